The standard InChI is InChI=1S/C6H13NS2/c1-3-5(8)6(9)4(2)7/h5,8-9H,3,7H2,1-2H3/b6-4-. The lowest BCUT2D eigenvalue weighted by Crippen LogP contribution is -2.03. The zero-order valence-electron chi connectivity index (χ0n) is 5.76. The zero-order chi connectivity index (χ0) is 7.44. The summed E-state index contributed by atoms with van der Waals surface area (Å²) in [4.78, 5) is 0.890. The number of allylic oxidation sites excluding steroid dienone is 1. The zero-order valence-corrected chi connectivity index (χ0v) is 7.55. The van der Waals surface area contributed by atoms with Crippen molar-refractivity contribution >= 4 is 25.3 Å². The van der Waals surface area contributed by atoms with Gasteiger partial charge in [-0.2, -0.15) is 12.6 Å². The molecule has 0 radical (unpaired) electrons. The third kappa shape index (κ3) is 3.06. The molecule has 9 heavy (non-hydrogen) atoms. The van der Waals surface area contributed by atoms with E-state index in [1.54, 1.807) is 0 Å². The van der Waals surface area contributed by atoms with Gasteiger partial charge in [-0.3, -0.25) is 0 Å². The number of nitrogens with two attached hydrogens (primary N) is 1. The number of thiol groups is 2. The highest BCUT2D eigenvalue weighted by molar-refractivity contribution is 7.88. The van der Waals surface area contributed by atoms with E-state index in [1.165, 1.54) is 0 Å². The molecule has 0 aromatic carbocycles. The summed E-state index contributed by atoms with van der Waals surface area (Å²) in [7, 11) is 0. The van der Waals surface area contributed by atoms with Crippen molar-refractivity contribution in [3.8, 4) is 0 Å². The van der Waals surface area contributed by atoms with Gasteiger partial charge in [-0.15, -0.1) is 12.6 Å². The molecule has 3 heteroatoms. The lowest BCUT2D eigenvalue weighted by atomic mass is 10.3. The van der Waals surface area contributed by atoms with Crippen LogP contribution in [-0.4, -0.2) is 5.25 Å². The molecule has 0 aliphatic heterocycles. The summed E-state index contributed by atoms with van der Waals surface area (Å²) in [5.74, 6) is 0. The smallest absolute Gasteiger partial charge is 0.0338 e. The average molecular weight is 163 g/mol. The van der Waals surface area contributed by atoms with Crippen LogP contribution in [0.15, 0.2) is 10.6 Å². The molecule has 0 rings (SSSR count). The van der Waals surface area contributed by atoms with Crippen molar-refractivity contribution < 1.29 is 0 Å². The maximum Gasteiger partial charge on any atom is 0.0338 e. The molecule has 2 N–H and O–H groups in total. The molecule has 0 spiro atoms. The first kappa shape index (κ1) is 9.24. The Kier molecular flexibility index (Phi) is 4.23. The van der Waals surface area contributed by atoms with Gasteiger partial charge in [-0.25, -0.2) is 0 Å². The molecular weight excluding hydrogens is 150 g/mol. The molecule has 0 saturated heterocycles. The van der Waals surface area contributed by atoms with Gasteiger partial charge in [0.15, 0.2) is 0 Å². The predicted molar refractivity (Wildman–Crippen MR) is 48.9 cm³/mol. The summed E-state index contributed by atoms with van der Waals surface area (Å²) >= 11 is 8.43. The second-order valence-electron chi connectivity index (χ2n) is 1.99. The third-order valence-electron chi connectivity index (χ3n) is 1.11. The molecule has 0 saturated carbocycles. The molecule has 54 valence electrons. The highest BCUT2D eigenvalue weighted by atomic mass is 32.1. The van der Waals surface area contributed by atoms with Gasteiger partial charge in [-0.05, 0) is 13.3 Å². The van der Waals surface area contributed by atoms with Crippen molar-refractivity contribution in [2.45, 2.75) is 25.5 Å². The SMILES string of the molecule is CCC(S)/C(S)=C(\C)N. The van der Waals surface area contributed by atoms with E-state index in [0.717, 1.165) is 17.0 Å². The Morgan fingerprint density at radius 1 is 1.67 bits per heavy atom. The Hall–Kier alpha value is 0.240. The first-order valence-electron chi connectivity index (χ1n) is 2.92. The van der Waals surface area contributed by atoms with Gasteiger partial charge in [-0.1, -0.05) is 6.92 Å². The van der Waals surface area contributed by atoms with Crippen LogP contribution in [0.25, 0.3) is 0 Å². The molecule has 0 aromatic heterocycles. The van der Waals surface area contributed by atoms with E-state index < -0.39 is 0 Å². The molecule has 0 bridgehead atoms. The second-order valence-corrected chi connectivity index (χ2v) is 3.10. The highest BCUT2D eigenvalue weighted by Crippen LogP contribution is 2.17. The summed E-state index contributed by atoms with van der Waals surface area (Å²) in [6, 6.07) is 0. The summed E-state index contributed by atoms with van der Waals surface area (Å²) in [6.45, 7) is 3.89. The van der Waals surface area contributed by atoms with Crippen LogP contribution in [0.5, 0.6) is 0 Å². The second kappa shape index (κ2) is 4.12. The fourth-order valence-electron chi connectivity index (χ4n) is 0.456. The van der Waals surface area contributed by atoms with Crippen LogP contribution in [0.3, 0.4) is 0 Å². The first-order valence-corrected chi connectivity index (χ1v) is 3.89. The maximum atomic E-state index is 5.47. The van der Waals surface area contributed by atoms with Crippen molar-refractivity contribution in [3.63, 3.8) is 0 Å². The van der Waals surface area contributed by atoms with Crippen molar-refractivity contribution in [3.05, 3.63) is 10.6 Å². The highest BCUT2D eigenvalue weighted by Gasteiger charge is 2.03. The van der Waals surface area contributed by atoms with E-state index in [1.807, 2.05) is 6.92 Å². The molecule has 0 fully saturated rings. The maximum absolute atomic E-state index is 5.47. The van der Waals surface area contributed by atoms with Crippen LogP contribution in [0.2, 0.25) is 0 Å². The molecule has 0 amide bonds. The lowest BCUT2D eigenvalue weighted by molar-refractivity contribution is 0.959. The monoisotopic (exact) mass is 163 g/mol. The van der Waals surface area contributed by atoms with Gasteiger partial charge < -0.3 is 5.73 Å². The van der Waals surface area contributed by atoms with E-state index in [4.69, 9.17) is 5.73 Å². The van der Waals surface area contributed by atoms with E-state index in [-0.39, 0.29) is 5.25 Å². The van der Waals surface area contributed by atoms with Crippen LogP contribution in [0, 0.1) is 0 Å². The van der Waals surface area contributed by atoms with E-state index in [0.29, 0.717) is 0 Å². The molecule has 1 atom stereocenters. The van der Waals surface area contributed by atoms with E-state index in [9.17, 15) is 0 Å². The molecular formula is C6H13NS2. The summed E-state index contributed by atoms with van der Waals surface area (Å²) in [5, 5.41) is 0.207. The van der Waals surface area contributed by atoms with E-state index >= 15 is 0 Å². The first-order chi connectivity index (χ1) is 4.09. The fraction of sp³-hybridized carbons (Fsp3) is 0.667. The van der Waals surface area contributed by atoms with Crippen LogP contribution >= 0.6 is 25.3 Å². The van der Waals surface area contributed by atoms with Gasteiger partial charge in [0, 0.05) is 15.9 Å². The number of hydrogen-bond acceptors (Lipinski definition) is 3. The summed E-state index contributed by atoms with van der Waals surface area (Å²) < 4.78 is 0. The Balaban J connectivity index is 4.02. The minimum absolute atomic E-state index is 0.207. The van der Waals surface area contributed by atoms with Gasteiger partial charge in [0.2, 0.25) is 0 Å². The van der Waals surface area contributed by atoms with Gasteiger partial charge in [0.25, 0.3) is 0 Å². The average Bonchev–Trinajstić information content (AvgIpc) is 1.84. The van der Waals surface area contributed by atoms with Gasteiger partial charge >= 0.3 is 0 Å². The fourth-order valence-corrected chi connectivity index (χ4v) is 0.842. The minimum Gasteiger partial charge on any atom is -0.402 e. The molecule has 1 unspecified atom stereocenters. The normalized spacial score (nSPS) is 16.9. The van der Waals surface area contributed by atoms with Gasteiger partial charge in [0.1, 0.15) is 0 Å². The number of hydrogen-bond donors (Lipinski definition) is 3. The molecule has 0 heterocycles. The Morgan fingerprint density at radius 2 is 2.11 bits per heavy atom. The molecule has 0 aromatic rings. The van der Waals surface area contributed by atoms with Crippen molar-refractivity contribution in [2.24, 2.45) is 5.73 Å². The van der Waals surface area contributed by atoms with Crippen LogP contribution in [0.4, 0.5) is 0 Å². The quantitative estimate of drug-likeness (QED) is 0.532. The van der Waals surface area contributed by atoms with Crippen LogP contribution in [-0.2, 0) is 0 Å². The van der Waals surface area contributed by atoms with Crippen molar-refractivity contribution in [1.82, 2.24) is 0 Å². The molecule has 1 nitrogen and oxygen atoms in total. The third-order valence-corrected chi connectivity index (χ3v) is 2.60. The number of rotatable bonds is 2. The molecule has 0 aliphatic rings. The van der Waals surface area contributed by atoms with Crippen molar-refractivity contribution in [2.75, 3.05) is 0 Å². The predicted octanol–water partition coefficient (Wildman–Crippen LogP) is 1.81. The summed E-state index contributed by atoms with van der Waals surface area (Å²) in [5.41, 5.74) is 6.23. The van der Waals surface area contributed by atoms with Gasteiger partial charge in [0.05, 0.1) is 0 Å². The lowest BCUT2D eigenvalue weighted by Gasteiger charge is -2.07. The van der Waals surface area contributed by atoms with Crippen LogP contribution in [0.1, 0.15) is 20.3 Å². The Morgan fingerprint density at radius 3 is 2.22 bits per heavy atom. The van der Waals surface area contributed by atoms with Crippen LogP contribution < -0.4 is 5.73 Å². The topological polar surface area (TPSA) is 26.0 Å². The van der Waals surface area contributed by atoms with E-state index in [2.05, 4.69) is 32.2 Å². The Labute approximate surface area is 67.5 Å². The van der Waals surface area contributed by atoms with Crippen molar-refractivity contribution in [1.29, 1.82) is 0 Å². The molecule has 0 aliphatic carbocycles. The minimum atomic E-state index is 0.207. The largest absolute Gasteiger partial charge is 0.402 e. The summed E-state index contributed by atoms with van der Waals surface area (Å²) in [6.07, 6.45) is 0.969. The Bertz CT molecular complexity index is 116.